The molecule has 0 saturated heterocycles. The van der Waals surface area contributed by atoms with Crippen LogP contribution in [0.4, 0.5) is 0 Å². The van der Waals surface area contributed by atoms with Crippen molar-refractivity contribution in [2.45, 2.75) is 72.1 Å². The van der Waals surface area contributed by atoms with E-state index in [1.807, 2.05) is 0 Å². The highest BCUT2D eigenvalue weighted by Gasteiger charge is 2.23. The average molecular weight is 280 g/mol. The SMILES string of the molecule is CCCCCCC#CCCCC(C(C)=O)C(=O)OCC. The van der Waals surface area contributed by atoms with Crippen LogP contribution in [0.25, 0.3) is 0 Å². The number of rotatable bonds is 10. The summed E-state index contributed by atoms with van der Waals surface area (Å²) in [6.45, 7) is 5.71. The molecule has 20 heavy (non-hydrogen) atoms. The molecule has 114 valence electrons. The Hall–Kier alpha value is -1.30. The second-order valence-corrected chi connectivity index (χ2v) is 4.97. The molecule has 3 heteroatoms. The van der Waals surface area contributed by atoms with Gasteiger partial charge < -0.3 is 4.74 Å². The van der Waals surface area contributed by atoms with Crippen molar-refractivity contribution in [3.63, 3.8) is 0 Å². The Kier molecular flexibility index (Phi) is 11.9. The largest absolute Gasteiger partial charge is 0.465 e. The van der Waals surface area contributed by atoms with Crippen LogP contribution < -0.4 is 0 Å². The fourth-order valence-electron chi connectivity index (χ4n) is 1.94. The van der Waals surface area contributed by atoms with Gasteiger partial charge in [0.1, 0.15) is 11.7 Å². The number of ether oxygens (including phenoxy) is 1. The summed E-state index contributed by atoms with van der Waals surface area (Å²) in [7, 11) is 0. The summed E-state index contributed by atoms with van der Waals surface area (Å²) in [5.41, 5.74) is 0. The summed E-state index contributed by atoms with van der Waals surface area (Å²) >= 11 is 0. The van der Waals surface area contributed by atoms with Crippen LogP contribution in [0.5, 0.6) is 0 Å². The van der Waals surface area contributed by atoms with Gasteiger partial charge in [-0.15, -0.1) is 11.8 Å². The third-order valence-corrected chi connectivity index (χ3v) is 3.14. The lowest BCUT2D eigenvalue weighted by atomic mass is 9.98. The van der Waals surface area contributed by atoms with Gasteiger partial charge in [-0.3, -0.25) is 9.59 Å². The van der Waals surface area contributed by atoms with Crippen LogP contribution in [0.3, 0.4) is 0 Å². The van der Waals surface area contributed by atoms with Gasteiger partial charge in [-0.25, -0.2) is 0 Å². The molecule has 0 spiro atoms. The Morgan fingerprint density at radius 1 is 1.00 bits per heavy atom. The van der Waals surface area contributed by atoms with Gasteiger partial charge in [-0.1, -0.05) is 26.2 Å². The predicted octanol–water partition coefficient (Wildman–Crippen LogP) is 3.90. The molecule has 0 aromatic heterocycles. The number of esters is 1. The minimum absolute atomic E-state index is 0.115. The molecule has 3 nitrogen and oxygen atoms in total. The molecule has 0 aliphatic rings. The average Bonchev–Trinajstić information content (AvgIpc) is 2.40. The van der Waals surface area contributed by atoms with Gasteiger partial charge in [-0.2, -0.15) is 0 Å². The van der Waals surface area contributed by atoms with Crippen LogP contribution in [0, 0.1) is 17.8 Å². The molecule has 0 aromatic carbocycles. The fraction of sp³-hybridized carbons (Fsp3) is 0.765. The number of carbonyl (C=O) groups is 2. The maximum absolute atomic E-state index is 11.6. The molecule has 0 rings (SSSR count). The van der Waals surface area contributed by atoms with E-state index in [1.165, 1.54) is 32.6 Å². The van der Waals surface area contributed by atoms with E-state index >= 15 is 0 Å². The molecule has 0 aromatic rings. The maximum atomic E-state index is 11.6. The van der Waals surface area contributed by atoms with Gasteiger partial charge >= 0.3 is 5.97 Å². The molecule has 0 bridgehead atoms. The van der Waals surface area contributed by atoms with Gasteiger partial charge in [0, 0.05) is 12.8 Å². The zero-order valence-electron chi connectivity index (χ0n) is 13.2. The third-order valence-electron chi connectivity index (χ3n) is 3.14. The molecule has 1 unspecified atom stereocenters. The zero-order valence-corrected chi connectivity index (χ0v) is 13.2. The highest BCUT2D eigenvalue weighted by Crippen LogP contribution is 2.12. The van der Waals surface area contributed by atoms with E-state index in [0.29, 0.717) is 13.0 Å². The highest BCUT2D eigenvalue weighted by molar-refractivity contribution is 5.97. The number of carbonyl (C=O) groups excluding carboxylic acids is 2. The van der Waals surface area contributed by atoms with Crippen molar-refractivity contribution in [2.24, 2.45) is 5.92 Å². The lowest BCUT2D eigenvalue weighted by molar-refractivity contribution is -0.151. The van der Waals surface area contributed by atoms with Crippen LogP contribution in [0.1, 0.15) is 72.1 Å². The van der Waals surface area contributed by atoms with Crippen molar-refractivity contribution in [3.8, 4) is 11.8 Å². The monoisotopic (exact) mass is 280 g/mol. The summed E-state index contributed by atoms with van der Waals surface area (Å²) in [4.78, 5) is 23.0. The summed E-state index contributed by atoms with van der Waals surface area (Å²) in [6.07, 6.45) is 7.95. The van der Waals surface area contributed by atoms with Gasteiger partial charge in [0.15, 0.2) is 0 Å². The van der Waals surface area contributed by atoms with Crippen LogP contribution in [0.2, 0.25) is 0 Å². The van der Waals surface area contributed by atoms with Crippen LogP contribution >= 0.6 is 0 Å². The third kappa shape index (κ3) is 9.61. The van der Waals surface area contributed by atoms with Gasteiger partial charge in [0.2, 0.25) is 0 Å². The lowest BCUT2D eigenvalue weighted by Crippen LogP contribution is -2.24. The Morgan fingerprint density at radius 3 is 2.20 bits per heavy atom. The summed E-state index contributed by atoms with van der Waals surface area (Å²) < 4.78 is 4.90. The number of Topliss-reactive ketones (excluding diaryl/α,β-unsaturated/α-hetero) is 1. The molecular formula is C17H28O3. The topological polar surface area (TPSA) is 43.4 Å². The van der Waals surface area contributed by atoms with Gasteiger partial charge in [-0.05, 0) is 33.1 Å². The van der Waals surface area contributed by atoms with Crippen LogP contribution in [-0.4, -0.2) is 18.4 Å². The predicted molar refractivity (Wildman–Crippen MR) is 81.2 cm³/mol. The Morgan fingerprint density at radius 2 is 1.65 bits per heavy atom. The molecule has 0 N–H and O–H groups in total. The second-order valence-electron chi connectivity index (χ2n) is 4.97. The highest BCUT2D eigenvalue weighted by atomic mass is 16.5. The van der Waals surface area contributed by atoms with Crippen molar-refractivity contribution in [3.05, 3.63) is 0 Å². The molecule has 0 aliphatic heterocycles. The Labute approximate surface area is 123 Å². The number of unbranched alkanes of at least 4 members (excludes halogenated alkanes) is 5. The number of ketones is 1. The molecule has 0 radical (unpaired) electrons. The summed E-state index contributed by atoms with van der Waals surface area (Å²) in [5, 5.41) is 0. The first-order valence-corrected chi connectivity index (χ1v) is 7.76. The van der Waals surface area contributed by atoms with Gasteiger partial charge in [0.25, 0.3) is 0 Å². The van der Waals surface area contributed by atoms with E-state index in [2.05, 4.69) is 18.8 Å². The summed E-state index contributed by atoms with van der Waals surface area (Å²) in [6, 6.07) is 0. The smallest absolute Gasteiger partial charge is 0.316 e. The Bertz CT molecular complexity index is 336. The standard InChI is InChI=1S/C17H28O3/c1-4-6-7-8-9-10-11-12-13-14-16(15(3)18)17(19)20-5-2/h16H,4-9,12-14H2,1-3H3. The van der Waals surface area contributed by atoms with Gasteiger partial charge in [0.05, 0.1) is 6.61 Å². The molecule has 0 fully saturated rings. The van der Waals surface area contributed by atoms with Crippen LogP contribution in [-0.2, 0) is 14.3 Å². The van der Waals surface area contributed by atoms with Crippen molar-refractivity contribution in [1.82, 2.24) is 0 Å². The lowest BCUT2D eigenvalue weighted by Gasteiger charge is -2.11. The van der Waals surface area contributed by atoms with Crippen molar-refractivity contribution >= 4 is 11.8 Å². The fourth-order valence-corrected chi connectivity index (χ4v) is 1.94. The number of hydrogen-bond donors (Lipinski definition) is 0. The van der Waals surface area contributed by atoms with Crippen molar-refractivity contribution < 1.29 is 14.3 Å². The summed E-state index contributed by atoms with van der Waals surface area (Å²) in [5.74, 6) is 5.14. The van der Waals surface area contributed by atoms with E-state index in [4.69, 9.17) is 4.74 Å². The molecule has 0 heterocycles. The number of hydrogen-bond acceptors (Lipinski definition) is 3. The zero-order chi connectivity index (χ0) is 15.2. The first-order valence-electron chi connectivity index (χ1n) is 7.76. The van der Waals surface area contributed by atoms with E-state index in [0.717, 1.165) is 19.3 Å². The van der Waals surface area contributed by atoms with Crippen LogP contribution in [0.15, 0.2) is 0 Å². The van der Waals surface area contributed by atoms with Crippen molar-refractivity contribution in [1.29, 1.82) is 0 Å². The van der Waals surface area contributed by atoms with E-state index in [9.17, 15) is 9.59 Å². The minimum Gasteiger partial charge on any atom is -0.465 e. The molecule has 0 amide bonds. The minimum atomic E-state index is -0.610. The van der Waals surface area contributed by atoms with Crippen molar-refractivity contribution in [2.75, 3.05) is 6.61 Å². The first-order chi connectivity index (χ1) is 9.63. The molecule has 0 aliphatic carbocycles. The normalized spacial score (nSPS) is 11.3. The quantitative estimate of drug-likeness (QED) is 0.264. The maximum Gasteiger partial charge on any atom is 0.316 e. The Balaban J connectivity index is 3.82. The molecule has 0 saturated carbocycles. The second kappa shape index (κ2) is 12.7. The first kappa shape index (κ1) is 18.7. The van der Waals surface area contributed by atoms with E-state index < -0.39 is 11.9 Å². The van der Waals surface area contributed by atoms with E-state index in [1.54, 1.807) is 6.92 Å². The molecular weight excluding hydrogens is 252 g/mol. The van der Waals surface area contributed by atoms with E-state index in [-0.39, 0.29) is 5.78 Å². The molecule has 1 atom stereocenters.